The number of carboxylic acid groups (broad SMARTS) is 1. The van der Waals surface area contributed by atoms with Crippen LogP contribution in [-0.4, -0.2) is 72.1 Å². The van der Waals surface area contributed by atoms with E-state index in [9.17, 15) is 10.1 Å². The number of nitriles is 1. The minimum absolute atomic E-state index is 0.111. The molecular weight excluding hydrogens is 496 g/mol. The molecule has 0 radical (unpaired) electrons. The zero-order valence-corrected chi connectivity index (χ0v) is 22.9. The number of carboxylic acids is 1. The van der Waals surface area contributed by atoms with Crippen LogP contribution in [0, 0.1) is 23.7 Å². The molecule has 0 unspecified atom stereocenters. The van der Waals surface area contributed by atoms with Gasteiger partial charge in [-0.3, -0.25) is 0 Å². The third-order valence-corrected chi connectivity index (χ3v) is 7.62. The predicted molar refractivity (Wildman–Crippen MR) is 150 cm³/mol. The molecule has 2 aliphatic rings. The van der Waals surface area contributed by atoms with E-state index in [-0.39, 0.29) is 12.6 Å². The zero-order chi connectivity index (χ0) is 27.7. The van der Waals surface area contributed by atoms with Crippen molar-refractivity contribution in [1.29, 1.82) is 5.26 Å². The summed E-state index contributed by atoms with van der Waals surface area (Å²) in [6.07, 6.45) is 7.46. The number of rotatable bonds is 12. The molecule has 39 heavy (non-hydrogen) atoms. The molecule has 0 spiro atoms. The molecule has 3 heterocycles. The molecule has 1 saturated heterocycles. The molecule has 10 nitrogen and oxygen atoms in total. The van der Waals surface area contributed by atoms with E-state index in [2.05, 4.69) is 33.1 Å². The Morgan fingerprint density at radius 1 is 1.23 bits per heavy atom. The van der Waals surface area contributed by atoms with Crippen molar-refractivity contribution in [1.82, 2.24) is 15.3 Å². The summed E-state index contributed by atoms with van der Waals surface area (Å²) in [7, 11) is 0. The number of ether oxygens (including phenoxy) is 2. The van der Waals surface area contributed by atoms with Gasteiger partial charge in [-0.05, 0) is 76.1 Å². The lowest BCUT2D eigenvalue weighted by Crippen LogP contribution is -2.43. The van der Waals surface area contributed by atoms with Crippen LogP contribution < -0.4 is 16.0 Å². The van der Waals surface area contributed by atoms with Gasteiger partial charge >= 0.3 is 5.97 Å². The van der Waals surface area contributed by atoms with Gasteiger partial charge < -0.3 is 30.5 Å². The van der Waals surface area contributed by atoms with Crippen LogP contribution in [0.2, 0.25) is 0 Å². The van der Waals surface area contributed by atoms with Gasteiger partial charge in [0.25, 0.3) is 0 Å². The highest BCUT2D eigenvalue weighted by molar-refractivity contribution is 5.68. The number of hydrogen-bond donors (Lipinski definition) is 4. The molecule has 210 valence electrons. The summed E-state index contributed by atoms with van der Waals surface area (Å²) in [5.41, 5.74) is 2.53. The van der Waals surface area contributed by atoms with E-state index in [4.69, 9.17) is 19.6 Å². The second kappa shape index (κ2) is 13.7. The summed E-state index contributed by atoms with van der Waals surface area (Å²) < 4.78 is 10.6. The number of pyridine rings is 2. The standard InChI is InChI=1S/C29H40N6O4/c1-20-15-31-27(34-23-8-6-22(7-9-23)33-21(2)16-39-17-28(36)37)14-24(20)25-4-3-5-26(35-25)32-19-29(18-30)10-12-38-13-11-29/h3-5,14-15,21-23,33H,6-13,16-17,19H2,1-2H3,(H,31,34)(H,32,35)(H,36,37)/t21-,22-,23-/m0/s1. The maximum Gasteiger partial charge on any atom is 0.329 e. The third-order valence-electron chi connectivity index (χ3n) is 7.62. The summed E-state index contributed by atoms with van der Waals surface area (Å²) in [5, 5.41) is 29.0. The first kappa shape index (κ1) is 28.7. The van der Waals surface area contributed by atoms with E-state index in [1.807, 2.05) is 38.2 Å². The Bertz CT molecular complexity index is 1140. The van der Waals surface area contributed by atoms with Gasteiger partial charge in [0.15, 0.2) is 0 Å². The molecule has 2 fully saturated rings. The fraction of sp³-hybridized carbons (Fsp3) is 0.586. The van der Waals surface area contributed by atoms with Gasteiger partial charge in [0, 0.05) is 49.6 Å². The van der Waals surface area contributed by atoms with E-state index in [1.54, 1.807) is 0 Å². The second-order valence-corrected chi connectivity index (χ2v) is 10.8. The lowest BCUT2D eigenvalue weighted by molar-refractivity contribution is -0.142. The first-order valence-electron chi connectivity index (χ1n) is 13.8. The third kappa shape index (κ3) is 8.36. The van der Waals surface area contributed by atoms with Crippen LogP contribution in [0.25, 0.3) is 11.3 Å². The van der Waals surface area contributed by atoms with Crippen LogP contribution in [0.5, 0.6) is 0 Å². The molecule has 2 aromatic rings. The highest BCUT2D eigenvalue weighted by atomic mass is 16.5. The van der Waals surface area contributed by atoms with Gasteiger partial charge in [-0.25, -0.2) is 14.8 Å². The maximum atomic E-state index is 10.6. The Kier molecular flexibility index (Phi) is 10.1. The van der Waals surface area contributed by atoms with Crippen LogP contribution in [0.1, 0.15) is 51.0 Å². The summed E-state index contributed by atoms with van der Waals surface area (Å²) in [6.45, 7) is 5.98. The minimum atomic E-state index is -0.944. The topological polar surface area (TPSA) is 141 Å². The van der Waals surface area contributed by atoms with Crippen molar-refractivity contribution in [3.63, 3.8) is 0 Å². The lowest BCUT2D eigenvalue weighted by atomic mass is 9.82. The normalized spacial score (nSPS) is 21.5. The summed E-state index contributed by atoms with van der Waals surface area (Å²) in [6, 6.07) is 11.3. The van der Waals surface area contributed by atoms with Crippen molar-refractivity contribution in [2.75, 3.05) is 43.6 Å². The van der Waals surface area contributed by atoms with Crippen LogP contribution in [0.15, 0.2) is 30.5 Å². The smallest absolute Gasteiger partial charge is 0.329 e. The van der Waals surface area contributed by atoms with E-state index < -0.39 is 11.4 Å². The molecule has 0 bridgehead atoms. The van der Waals surface area contributed by atoms with Crippen molar-refractivity contribution in [3.05, 3.63) is 36.0 Å². The molecule has 0 amide bonds. The maximum absolute atomic E-state index is 10.6. The van der Waals surface area contributed by atoms with Gasteiger partial charge in [-0.1, -0.05) is 6.07 Å². The Hall–Kier alpha value is -3.26. The van der Waals surface area contributed by atoms with Crippen molar-refractivity contribution in [2.45, 2.75) is 70.5 Å². The fourth-order valence-corrected chi connectivity index (χ4v) is 5.30. The average Bonchev–Trinajstić information content (AvgIpc) is 2.94. The number of aliphatic carboxylic acids is 1. The number of anilines is 2. The molecule has 1 aliphatic carbocycles. The molecule has 1 saturated carbocycles. The summed E-state index contributed by atoms with van der Waals surface area (Å²) >= 11 is 0. The number of aromatic nitrogens is 2. The predicted octanol–water partition coefficient (Wildman–Crippen LogP) is 3.99. The molecule has 0 aromatic carbocycles. The van der Waals surface area contributed by atoms with Crippen LogP contribution in [0.3, 0.4) is 0 Å². The Morgan fingerprint density at radius 2 is 1.97 bits per heavy atom. The van der Waals surface area contributed by atoms with Crippen molar-refractivity contribution in [3.8, 4) is 17.3 Å². The lowest BCUT2D eigenvalue weighted by Gasteiger charge is -2.32. The molecular formula is C29H40N6O4. The number of aryl methyl sites for hydroxylation is 1. The first-order valence-corrected chi connectivity index (χ1v) is 13.8. The SMILES string of the molecule is Cc1cnc(N[C@H]2CC[C@H](N[C@@H](C)COCC(=O)O)CC2)cc1-c1cccc(NCC2(C#N)CCOCC2)n1. The highest BCUT2D eigenvalue weighted by Gasteiger charge is 2.32. The molecule has 4 rings (SSSR count). The van der Waals surface area contributed by atoms with Gasteiger partial charge in [0.2, 0.25) is 0 Å². The quantitative estimate of drug-likeness (QED) is 0.315. The monoisotopic (exact) mass is 536 g/mol. The summed E-state index contributed by atoms with van der Waals surface area (Å²) in [5.74, 6) is 0.655. The largest absolute Gasteiger partial charge is 0.480 e. The van der Waals surface area contributed by atoms with Crippen molar-refractivity contribution >= 4 is 17.6 Å². The highest BCUT2D eigenvalue weighted by Crippen LogP contribution is 2.31. The number of nitrogens with one attached hydrogen (secondary N) is 3. The Labute approximate surface area is 230 Å². The first-order chi connectivity index (χ1) is 18.9. The molecule has 1 atom stereocenters. The van der Waals surface area contributed by atoms with E-state index in [1.165, 1.54) is 0 Å². The van der Waals surface area contributed by atoms with E-state index in [0.717, 1.165) is 67.0 Å². The molecule has 10 heteroatoms. The van der Waals surface area contributed by atoms with Crippen molar-refractivity contribution < 1.29 is 19.4 Å². The zero-order valence-electron chi connectivity index (χ0n) is 22.9. The van der Waals surface area contributed by atoms with Crippen LogP contribution in [0.4, 0.5) is 11.6 Å². The van der Waals surface area contributed by atoms with Gasteiger partial charge in [-0.15, -0.1) is 0 Å². The molecule has 2 aromatic heterocycles. The van der Waals surface area contributed by atoms with E-state index >= 15 is 0 Å². The minimum Gasteiger partial charge on any atom is -0.480 e. The van der Waals surface area contributed by atoms with E-state index in [0.29, 0.717) is 38.4 Å². The number of carbonyl (C=O) groups is 1. The second-order valence-electron chi connectivity index (χ2n) is 10.8. The van der Waals surface area contributed by atoms with Gasteiger partial charge in [-0.2, -0.15) is 5.26 Å². The van der Waals surface area contributed by atoms with Crippen LogP contribution in [-0.2, 0) is 14.3 Å². The van der Waals surface area contributed by atoms with Crippen LogP contribution >= 0.6 is 0 Å². The summed E-state index contributed by atoms with van der Waals surface area (Å²) in [4.78, 5) is 20.1. The number of hydrogen-bond acceptors (Lipinski definition) is 9. The average molecular weight is 537 g/mol. The Morgan fingerprint density at radius 3 is 2.69 bits per heavy atom. The molecule has 1 aliphatic heterocycles. The fourth-order valence-electron chi connectivity index (χ4n) is 5.30. The van der Waals surface area contributed by atoms with Crippen molar-refractivity contribution in [2.24, 2.45) is 5.41 Å². The number of nitrogens with zero attached hydrogens (tertiary/aromatic N) is 3. The van der Waals surface area contributed by atoms with Gasteiger partial charge in [0.1, 0.15) is 18.2 Å². The van der Waals surface area contributed by atoms with Gasteiger partial charge in [0.05, 0.1) is 23.8 Å². The molecule has 4 N–H and O–H groups in total. The Balaban J connectivity index is 1.31.